The summed E-state index contributed by atoms with van der Waals surface area (Å²) < 4.78 is 5.43. The summed E-state index contributed by atoms with van der Waals surface area (Å²) in [6.45, 7) is 5.47. The Bertz CT molecular complexity index is 187. The topological polar surface area (TPSA) is 21.3 Å². The monoisotopic (exact) mass is 225 g/mol. The van der Waals surface area contributed by atoms with E-state index < -0.39 is 0 Å². The van der Waals surface area contributed by atoms with Crippen LogP contribution in [0.1, 0.15) is 51.9 Å². The third kappa shape index (κ3) is 3.46. The maximum atomic E-state index is 5.43. The minimum absolute atomic E-state index is 0.782. The molecule has 0 spiro atoms. The van der Waals surface area contributed by atoms with Crippen LogP contribution in [0.2, 0.25) is 0 Å². The summed E-state index contributed by atoms with van der Waals surface area (Å²) >= 11 is 0. The maximum Gasteiger partial charge on any atom is 0.0507 e. The fourth-order valence-corrected chi connectivity index (χ4v) is 3.26. The minimum atomic E-state index is 0.782. The van der Waals surface area contributed by atoms with Crippen LogP contribution in [0, 0.1) is 11.8 Å². The zero-order valence-corrected chi connectivity index (χ0v) is 10.7. The van der Waals surface area contributed by atoms with Gasteiger partial charge in [-0.2, -0.15) is 0 Å². The van der Waals surface area contributed by atoms with Crippen LogP contribution in [0.5, 0.6) is 0 Å². The van der Waals surface area contributed by atoms with Crippen LogP contribution in [-0.4, -0.2) is 25.8 Å². The molecule has 1 aliphatic carbocycles. The van der Waals surface area contributed by atoms with Crippen molar-refractivity contribution in [3.05, 3.63) is 0 Å². The van der Waals surface area contributed by atoms with E-state index in [2.05, 4.69) is 12.2 Å². The molecule has 1 aliphatic heterocycles. The molecular weight excluding hydrogens is 198 g/mol. The van der Waals surface area contributed by atoms with Gasteiger partial charge in [0.1, 0.15) is 0 Å². The molecule has 1 saturated heterocycles. The number of hydrogen-bond acceptors (Lipinski definition) is 2. The molecule has 0 radical (unpaired) electrons. The lowest BCUT2D eigenvalue weighted by molar-refractivity contribution is 0.180. The van der Waals surface area contributed by atoms with E-state index in [9.17, 15) is 0 Å². The first kappa shape index (κ1) is 12.4. The Kier molecular flexibility index (Phi) is 5.11. The predicted octanol–water partition coefficient (Wildman–Crippen LogP) is 2.97. The Hall–Kier alpha value is -0.0800. The van der Waals surface area contributed by atoms with Crippen LogP contribution in [0.15, 0.2) is 0 Å². The Morgan fingerprint density at radius 2 is 2.06 bits per heavy atom. The van der Waals surface area contributed by atoms with Gasteiger partial charge in [0, 0.05) is 19.2 Å². The zero-order chi connectivity index (χ0) is 11.2. The molecule has 2 nitrogen and oxygen atoms in total. The van der Waals surface area contributed by atoms with Crippen LogP contribution < -0.4 is 5.32 Å². The third-order valence-corrected chi connectivity index (χ3v) is 4.26. The van der Waals surface area contributed by atoms with Gasteiger partial charge in [0.15, 0.2) is 0 Å². The quantitative estimate of drug-likeness (QED) is 0.776. The van der Waals surface area contributed by atoms with Gasteiger partial charge in [-0.1, -0.05) is 26.2 Å². The van der Waals surface area contributed by atoms with Crippen molar-refractivity contribution in [3.63, 3.8) is 0 Å². The van der Waals surface area contributed by atoms with E-state index in [-0.39, 0.29) is 0 Å². The summed E-state index contributed by atoms with van der Waals surface area (Å²) in [6.07, 6.45) is 9.76. The first-order chi connectivity index (χ1) is 7.90. The molecule has 1 N–H and O–H groups in total. The van der Waals surface area contributed by atoms with Gasteiger partial charge in [0.05, 0.1) is 6.61 Å². The lowest BCUT2D eigenvalue weighted by atomic mass is 9.81. The first-order valence-corrected chi connectivity index (χ1v) is 7.21. The summed E-state index contributed by atoms with van der Waals surface area (Å²) in [6, 6.07) is 0.800. The fraction of sp³-hybridized carbons (Fsp3) is 1.00. The zero-order valence-electron chi connectivity index (χ0n) is 10.7. The Morgan fingerprint density at radius 3 is 2.81 bits per heavy atom. The van der Waals surface area contributed by atoms with Gasteiger partial charge >= 0.3 is 0 Å². The molecule has 3 unspecified atom stereocenters. The molecule has 0 aromatic carbocycles. The van der Waals surface area contributed by atoms with Crippen molar-refractivity contribution in [2.24, 2.45) is 11.8 Å². The fourth-order valence-electron chi connectivity index (χ4n) is 3.26. The lowest BCUT2D eigenvalue weighted by Crippen LogP contribution is -2.41. The molecule has 2 heteroatoms. The van der Waals surface area contributed by atoms with Crippen molar-refractivity contribution in [1.82, 2.24) is 5.32 Å². The average Bonchev–Trinajstić information content (AvgIpc) is 2.81. The van der Waals surface area contributed by atoms with Crippen LogP contribution in [-0.2, 0) is 4.74 Å². The van der Waals surface area contributed by atoms with E-state index in [0.29, 0.717) is 0 Å². The third-order valence-electron chi connectivity index (χ3n) is 4.26. The molecule has 0 bridgehead atoms. The number of ether oxygens (including phenoxy) is 1. The maximum absolute atomic E-state index is 5.43. The number of nitrogens with one attached hydrogen (secondary N) is 1. The predicted molar refractivity (Wildman–Crippen MR) is 67.6 cm³/mol. The smallest absolute Gasteiger partial charge is 0.0507 e. The van der Waals surface area contributed by atoms with Crippen LogP contribution >= 0.6 is 0 Å². The van der Waals surface area contributed by atoms with Gasteiger partial charge in [-0.05, 0) is 37.5 Å². The number of hydrogen-bond donors (Lipinski definition) is 1. The average molecular weight is 225 g/mol. The van der Waals surface area contributed by atoms with E-state index in [1.54, 1.807) is 0 Å². The highest BCUT2D eigenvalue weighted by Gasteiger charge is 2.25. The molecule has 16 heavy (non-hydrogen) atoms. The number of rotatable bonds is 5. The highest BCUT2D eigenvalue weighted by molar-refractivity contribution is 4.82. The SMILES string of the molecule is CCCC1CCCCC1NCC1CCOC1. The largest absolute Gasteiger partial charge is 0.381 e. The van der Waals surface area contributed by atoms with Crippen molar-refractivity contribution in [1.29, 1.82) is 0 Å². The standard InChI is InChI=1S/C14H27NO/c1-2-5-13-6-3-4-7-14(13)15-10-12-8-9-16-11-12/h12-15H,2-11H2,1H3. The van der Waals surface area contributed by atoms with Gasteiger partial charge in [-0.3, -0.25) is 0 Å². The molecule has 0 amide bonds. The Labute approximate surface area is 100 Å². The van der Waals surface area contributed by atoms with E-state index >= 15 is 0 Å². The van der Waals surface area contributed by atoms with E-state index in [4.69, 9.17) is 4.74 Å². The molecule has 2 fully saturated rings. The van der Waals surface area contributed by atoms with Gasteiger partial charge in [-0.15, -0.1) is 0 Å². The van der Waals surface area contributed by atoms with Crippen molar-refractivity contribution in [2.75, 3.05) is 19.8 Å². The first-order valence-electron chi connectivity index (χ1n) is 7.21. The van der Waals surface area contributed by atoms with Crippen molar-refractivity contribution < 1.29 is 4.74 Å². The summed E-state index contributed by atoms with van der Waals surface area (Å²) in [5.74, 6) is 1.73. The highest BCUT2D eigenvalue weighted by Crippen LogP contribution is 2.28. The minimum Gasteiger partial charge on any atom is -0.381 e. The van der Waals surface area contributed by atoms with E-state index in [1.165, 1.54) is 51.5 Å². The van der Waals surface area contributed by atoms with E-state index in [1.807, 2.05) is 0 Å². The van der Waals surface area contributed by atoms with Crippen LogP contribution in [0.4, 0.5) is 0 Å². The molecule has 1 saturated carbocycles. The van der Waals surface area contributed by atoms with Crippen molar-refractivity contribution in [3.8, 4) is 0 Å². The summed E-state index contributed by atoms with van der Waals surface area (Å²) in [4.78, 5) is 0. The van der Waals surface area contributed by atoms with E-state index in [0.717, 1.165) is 31.1 Å². The van der Waals surface area contributed by atoms with Crippen molar-refractivity contribution in [2.45, 2.75) is 57.9 Å². The molecule has 2 aliphatic rings. The van der Waals surface area contributed by atoms with Gasteiger partial charge in [0.2, 0.25) is 0 Å². The van der Waals surface area contributed by atoms with Crippen LogP contribution in [0.25, 0.3) is 0 Å². The molecule has 3 atom stereocenters. The Morgan fingerprint density at radius 1 is 1.19 bits per heavy atom. The molecule has 2 rings (SSSR count). The van der Waals surface area contributed by atoms with Gasteiger partial charge in [0.25, 0.3) is 0 Å². The molecule has 0 aromatic rings. The highest BCUT2D eigenvalue weighted by atomic mass is 16.5. The van der Waals surface area contributed by atoms with Crippen molar-refractivity contribution >= 4 is 0 Å². The molecule has 0 aromatic heterocycles. The molecule has 94 valence electrons. The van der Waals surface area contributed by atoms with Crippen LogP contribution in [0.3, 0.4) is 0 Å². The Balaban J connectivity index is 1.72. The second-order valence-corrected chi connectivity index (χ2v) is 5.58. The normalized spacial score (nSPS) is 35.4. The van der Waals surface area contributed by atoms with Gasteiger partial charge < -0.3 is 10.1 Å². The summed E-state index contributed by atoms with van der Waals surface area (Å²) in [5.41, 5.74) is 0. The summed E-state index contributed by atoms with van der Waals surface area (Å²) in [5, 5.41) is 3.82. The molecule has 1 heterocycles. The van der Waals surface area contributed by atoms with Gasteiger partial charge in [-0.25, -0.2) is 0 Å². The lowest BCUT2D eigenvalue weighted by Gasteiger charge is -2.33. The molecular formula is C14H27NO. The second kappa shape index (κ2) is 6.61. The summed E-state index contributed by atoms with van der Waals surface area (Å²) in [7, 11) is 0. The second-order valence-electron chi connectivity index (χ2n) is 5.58.